The summed E-state index contributed by atoms with van der Waals surface area (Å²) in [5, 5.41) is 0. The fourth-order valence-electron chi connectivity index (χ4n) is 3.37. The summed E-state index contributed by atoms with van der Waals surface area (Å²) in [5.74, 6) is 0. The Kier molecular flexibility index (Phi) is 4.40. The van der Waals surface area contributed by atoms with Crippen molar-refractivity contribution in [1.82, 2.24) is 9.55 Å². The molecule has 0 aliphatic carbocycles. The van der Waals surface area contributed by atoms with Gasteiger partial charge in [-0.15, -0.1) is 0 Å². The second-order valence-corrected chi connectivity index (χ2v) is 6.62. The molecule has 130 valence electrons. The summed E-state index contributed by atoms with van der Waals surface area (Å²) in [6.07, 6.45) is 9.60. The normalized spacial score (nSPS) is 15.7. The van der Waals surface area contributed by atoms with Crippen molar-refractivity contribution in [3.05, 3.63) is 100 Å². The monoisotopic (exact) mass is 343 g/mol. The number of hydrogen-bond acceptors (Lipinski definition) is 3. The molecule has 0 fully saturated rings. The van der Waals surface area contributed by atoms with Crippen LogP contribution in [0.3, 0.4) is 0 Å². The predicted molar refractivity (Wildman–Crippen MR) is 105 cm³/mol. The van der Waals surface area contributed by atoms with E-state index in [2.05, 4.69) is 35.0 Å². The molecule has 2 aromatic heterocycles. The molecular weight excluding hydrogens is 322 g/mol. The molecule has 1 unspecified atom stereocenters. The van der Waals surface area contributed by atoms with Crippen LogP contribution in [0.15, 0.2) is 78.0 Å². The van der Waals surface area contributed by atoms with E-state index < -0.39 is 0 Å². The number of benzene rings is 1. The van der Waals surface area contributed by atoms with Gasteiger partial charge in [0.1, 0.15) is 0 Å². The summed E-state index contributed by atoms with van der Waals surface area (Å²) < 4.78 is 1.77. The smallest absolute Gasteiger partial charge is 0.260 e. The summed E-state index contributed by atoms with van der Waals surface area (Å²) in [6.45, 7) is 3.46. The Hall–Kier alpha value is -3.14. The molecular formula is C22H21N3O. The van der Waals surface area contributed by atoms with Crippen molar-refractivity contribution in [3.63, 3.8) is 0 Å². The van der Waals surface area contributed by atoms with Crippen LogP contribution in [0.5, 0.6) is 0 Å². The lowest BCUT2D eigenvalue weighted by Crippen LogP contribution is -2.36. The number of nitrogens with zero attached hydrogens (tertiary/aromatic N) is 3. The lowest BCUT2D eigenvalue weighted by molar-refractivity contribution is 0.708. The summed E-state index contributed by atoms with van der Waals surface area (Å²) in [5.41, 5.74) is 4.04. The van der Waals surface area contributed by atoms with Gasteiger partial charge in [-0.25, -0.2) is 0 Å². The third kappa shape index (κ3) is 3.18. The summed E-state index contributed by atoms with van der Waals surface area (Å²) >= 11 is 0. The molecule has 3 aromatic rings. The minimum Gasteiger partial charge on any atom is -0.360 e. The Morgan fingerprint density at radius 3 is 2.58 bits per heavy atom. The fraction of sp³-hybridized carbons (Fsp3) is 0.182. The summed E-state index contributed by atoms with van der Waals surface area (Å²) in [7, 11) is 0. The largest absolute Gasteiger partial charge is 0.360 e. The predicted octanol–water partition coefficient (Wildman–Crippen LogP) is 3.71. The molecule has 4 rings (SSSR count). The van der Waals surface area contributed by atoms with Crippen LogP contribution in [-0.2, 0) is 13.1 Å². The van der Waals surface area contributed by atoms with Crippen molar-refractivity contribution in [2.24, 2.45) is 0 Å². The van der Waals surface area contributed by atoms with E-state index in [-0.39, 0.29) is 11.6 Å². The van der Waals surface area contributed by atoms with Gasteiger partial charge in [0.05, 0.1) is 17.8 Å². The van der Waals surface area contributed by atoms with Gasteiger partial charge >= 0.3 is 0 Å². The number of pyridine rings is 2. The van der Waals surface area contributed by atoms with Crippen molar-refractivity contribution >= 4 is 11.8 Å². The number of aromatic nitrogens is 2. The fourth-order valence-corrected chi connectivity index (χ4v) is 3.37. The summed E-state index contributed by atoms with van der Waals surface area (Å²) in [4.78, 5) is 19.4. The van der Waals surface area contributed by atoms with Crippen molar-refractivity contribution < 1.29 is 0 Å². The van der Waals surface area contributed by atoms with Crippen molar-refractivity contribution in [1.29, 1.82) is 0 Å². The van der Waals surface area contributed by atoms with E-state index in [0.29, 0.717) is 6.54 Å². The van der Waals surface area contributed by atoms with Gasteiger partial charge < -0.3 is 9.47 Å². The highest BCUT2D eigenvalue weighted by Gasteiger charge is 2.22. The number of hydrogen-bond donors (Lipinski definition) is 0. The first-order chi connectivity index (χ1) is 12.7. The molecule has 0 saturated heterocycles. The minimum atomic E-state index is 0.0469. The highest BCUT2D eigenvalue weighted by Crippen LogP contribution is 2.28. The molecule has 1 aliphatic heterocycles. The van der Waals surface area contributed by atoms with E-state index in [4.69, 9.17) is 0 Å². The first kappa shape index (κ1) is 16.3. The van der Waals surface area contributed by atoms with Gasteiger partial charge in [0.2, 0.25) is 0 Å². The van der Waals surface area contributed by atoms with Gasteiger partial charge in [0.25, 0.3) is 5.56 Å². The number of rotatable bonds is 4. The zero-order valence-electron chi connectivity index (χ0n) is 14.7. The first-order valence-corrected chi connectivity index (χ1v) is 8.83. The lowest BCUT2D eigenvalue weighted by atomic mass is 10.0. The van der Waals surface area contributed by atoms with Crippen molar-refractivity contribution in [2.75, 3.05) is 4.90 Å². The highest BCUT2D eigenvalue weighted by atomic mass is 16.1. The van der Waals surface area contributed by atoms with Gasteiger partial charge in [0.15, 0.2) is 0 Å². The molecule has 26 heavy (non-hydrogen) atoms. The Bertz CT molecular complexity index is 977. The van der Waals surface area contributed by atoms with E-state index in [9.17, 15) is 4.79 Å². The zero-order valence-corrected chi connectivity index (χ0v) is 14.7. The third-order valence-electron chi connectivity index (χ3n) is 4.79. The second-order valence-electron chi connectivity index (χ2n) is 6.62. The molecule has 0 radical (unpaired) electrons. The van der Waals surface area contributed by atoms with Crippen LogP contribution in [0.2, 0.25) is 0 Å². The molecule has 0 spiro atoms. The average Bonchev–Trinajstić information content (AvgIpc) is 2.68. The van der Waals surface area contributed by atoms with Crippen LogP contribution in [-0.4, -0.2) is 15.6 Å². The lowest BCUT2D eigenvalue weighted by Gasteiger charge is -2.33. The SMILES string of the molecule is CC1C=Cc2c(ccn(Cc3ccccc3)c2=O)N1Cc1cccnc1. The molecule has 0 saturated carbocycles. The Morgan fingerprint density at radius 1 is 1.00 bits per heavy atom. The Labute approximate surface area is 153 Å². The van der Waals surface area contributed by atoms with Crippen molar-refractivity contribution in [2.45, 2.75) is 26.1 Å². The second kappa shape index (κ2) is 7.00. The Morgan fingerprint density at radius 2 is 1.81 bits per heavy atom. The van der Waals surface area contributed by atoms with Crippen LogP contribution in [0.4, 0.5) is 5.69 Å². The highest BCUT2D eigenvalue weighted by molar-refractivity contribution is 5.71. The van der Waals surface area contributed by atoms with Gasteiger partial charge in [-0.3, -0.25) is 9.78 Å². The molecule has 4 heteroatoms. The van der Waals surface area contributed by atoms with E-state index >= 15 is 0 Å². The first-order valence-electron chi connectivity index (χ1n) is 8.83. The van der Waals surface area contributed by atoms with Crippen LogP contribution < -0.4 is 10.5 Å². The Balaban J connectivity index is 1.68. The van der Waals surface area contributed by atoms with Gasteiger partial charge in [-0.05, 0) is 36.3 Å². The van der Waals surface area contributed by atoms with Gasteiger partial charge in [-0.1, -0.05) is 42.5 Å². The number of anilines is 1. The van der Waals surface area contributed by atoms with Crippen LogP contribution in [0, 0.1) is 0 Å². The molecule has 1 atom stereocenters. The maximum atomic E-state index is 13.0. The van der Waals surface area contributed by atoms with Crippen LogP contribution >= 0.6 is 0 Å². The summed E-state index contributed by atoms with van der Waals surface area (Å²) in [6, 6.07) is 16.3. The van der Waals surface area contributed by atoms with Crippen LogP contribution in [0.1, 0.15) is 23.6 Å². The number of fused-ring (bicyclic) bond motifs is 1. The van der Waals surface area contributed by atoms with Gasteiger partial charge in [-0.2, -0.15) is 0 Å². The maximum Gasteiger partial charge on any atom is 0.260 e. The molecule has 0 N–H and O–H groups in total. The molecule has 0 amide bonds. The van der Waals surface area contributed by atoms with E-state index in [0.717, 1.165) is 28.9 Å². The van der Waals surface area contributed by atoms with Crippen LogP contribution in [0.25, 0.3) is 6.08 Å². The molecule has 0 bridgehead atoms. The average molecular weight is 343 g/mol. The van der Waals surface area contributed by atoms with E-state index in [1.807, 2.05) is 54.9 Å². The van der Waals surface area contributed by atoms with E-state index in [1.165, 1.54) is 0 Å². The molecule has 1 aliphatic rings. The van der Waals surface area contributed by atoms with Crippen molar-refractivity contribution in [3.8, 4) is 0 Å². The van der Waals surface area contributed by atoms with E-state index in [1.54, 1.807) is 10.8 Å². The third-order valence-corrected chi connectivity index (χ3v) is 4.79. The minimum absolute atomic E-state index is 0.0469. The topological polar surface area (TPSA) is 38.1 Å². The maximum absolute atomic E-state index is 13.0. The molecule has 1 aromatic carbocycles. The standard InChI is InChI=1S/C22H21N3O/c1-17-9-10-20-21(25(17)16-19-8-5-12-23-14-19)11-13-24(22(20)26)15-18-6-3-2-4-7-18/h2-14,17H,15-16H2,1H3. The van der Waals surface area contributed by atoms with Gasteiger partial charge in [0, 0.05) is 31.2 Å². The molecule has 3 heterocycles. The quantitative estimate of drug-likeness (QED) is 0.725. The molecule has 4 nitrogen and oxygen atoms in total. The zero-order chi connectivity index (χ0) is 17.9.